The molecule has 40 heavy (non-hydrogen) atoms. The second-order valence-electron chi connectivity index (χ2n) is 11.3. The van der Waals surface area contributed by atoms with E-state index < -0.39 is 5.60 Å². The molecule has 4 aromatic heterocycles. The molecule has 7 rings (SSSR count). The minimum atomic E-state index is -0.983. The summed E-state index contributed by atoms with van der Waals surface area (Å²) in [5.74, 6) is 2.18. The first kappa shape index (κ1) is 26.0. The van der Waals surface area contributed by atoms with Gasteiger partial charge in [-0.15, -0.1) is 0 Å². The molecule has 2 unspecified atom stereocenters. The molecule has 10 heteroatoms. The van der Waals surface area contributed by atoms with E-state index in [1.807, 2.05) is 43.6 Å². The number of pyridine rings is 3. The van der Waals surface area contributed by atoms with Gasteiger partial charge in [0.15, 0.2) is 0 Å². The SMILES string of the molecule is COc1ccc(CN2C3CC2CN(c2ccc(-c4cc(OCC(C)(C)O)c(C)n5ncc(C#N)c45)cn2)C3)cn1. The summed E-state index contributed by atoms with van der Waals surface area (Å²) < 4.78 is 12.9. The van der Waals surface area contributed by atoms with Crippen molar-refractivity contribution in [3.8, 4) is 28.8 Å². The van der Waals surface area contributed by atoms with Gasteiger partial charge in [0.25, 0.3) is 0 Å². The summed E-state index contributed by atoms with van der Waals surface area (Å²) in [6.07, 6.45) is 6.52. The molecule has 10 nitrogen and oxygen atoms in total. The van der Waals surface area contributed by atoms with Gasteiger partial charge in [-0.05, 0) is 51.0 Å². The Labute approximate surface area is 233 Å². The minimum Gasteiger partial charge on any atom is -0.489 e. The van der Waals surface area contributed by atoms with Crippen LogP contribution in [0.5, 0.6) is 11.6 Å². The average molecular weight is 540 g/mol. The molecule has 0 radical (unpaired) electrons. The van der Waals surface area contributed by atoms with E-state index in [9.17, 15) is 10.4 Å². The number of anilines is 1. The molecule has 4 aromatic rings. The lowest BCUT2D eigenvalue weighted by Gasteiger charge is -2.56. The number of aryl methyl sites for hydroxylation is 1. The van der Waals surface area contributed by atoms with Crippen LogP contribution in [-0.4, -0.2) is 74.1 Å². The molecule has 3 fully saturated rings. The van der Waals surface area contributed by atoms with Gasteiger partial charge in [0.2, 0.25) is 5.88 Å². The summed E-state index contributed by atoms with van der Waals surface area (Å²) in [5.41, 5.74) is 3.85. The van der Waals surface area contributed by atoms with E-state index in [1.165, 1.54) is 12.0 Å². The van der Waals surface area contributed by atoms with Crippen LogP contribution in [0.15, 0.2) is 48.9 Å². The maximum absolute atomic E-state index is 10.2. The van der Waals surface area contributed by atoms with Crippen LogP contribution < -0.4 is 14.4 Å². The quantitative estimate of drug-likeness (QED) is 0.359. The molecule has 0 amide bonds. The standard InChI is InChI=1S/C30H33N7O3/c1-19-26(40-18-30(2,3)38)10-25(29-22(11-31)14-34-37(19)29)21-6-7-27(32-13-21)35-16-23-9-24(17-35)36(23)15-20-5-8-28(39-4)33-12-20/h5-8,10,12-14,23-24,38H,9,15-18H2,1-4H3. The van der Waals surface area contributed by atoms with Gasteiger partial charge >= 0.3 is 0 Å². The van der Waals surface area contributed by atoms with Gasteiger partial charge in [-0.2, -0.15) is 10.4 Å². The summed E-state index contributed by atoms with van der Waals surface area (Å²) in [5, 5.41) is 24.4. The third-order valence-electron chi connectivity index (χ3n) is 7.77. The van der Waals surface area contributed by atoms with E-state index in [-0.39, 0.29) is 6.61 Å². The smallest absolute Gasteiger partial charge is 0.212 e. The van der Waals surface area contributed by atoms with Gasteiger partial charge in [0.1, 0.15) is 24.2 Å². The van der Waals surface area contributed by atoms with E-state index in [4.69, 9.17) is 14.5 Å². The van der Waals surface area contributed by atoms with Crippen molar-refractivity contribution < 1.29 is 14.6 Å². The second-order valence-corrected chi connectivity index (χ2v) is 11.3. The fraction of sp³-hybridized carbons (Fsp3) is 0.400. The van der Waals surface area contributed by atoms with Gasteiger partial charge in [-0.3, -0.25) is 4.90 Å². The van der Waals surface area contributed by atoms with Gasteiger partial charge in [-0.25, -0.2) is 14.5 Å². The van der Waals surface area contributed by atoms with Gasteiger partial charge in [0, 0.05) is 61.3 Å². The molecule has 0 spiro atoms. The fourth-order valence-corrected chi connectivity index (χ4v) is 5.67. The lowest BCUT2D eigenvalue weighted by molar-refractivity contribution is -0.00876. The predicted octanol–water partition coefficient (Wildman–Crippen LogP) is 3.59. The first-order valence-corrected chi connectivity index (χ1v) is 13.5. The van der Waals surface area contributed by atoms with E-state index in [0.29, 0.717) is 34.8 Å². The Kier molecular flexibility index (Phi) is 6.56. The Balaban J connectivity index is 1.21. The Morgan fingerprint density at radius 3 is 2.52 bits per heavy atom. The first-order chi connectivity index (χ1) is 19.2. The zero-order valence-corrected chi connectivity index (χ0v) is 23.2. The molecule has 0 aromatic carbocycles. The molecule has 2 atom stereocenters. The second kappa shape index (κ2) is 10.1. The summed E-state index contributed by atoms with van der Waals surface area (Å²) in [6.45, 7) is 8.17. The van der Waals surface area contributed by atoms with E-state index in [1.54, 1.807) is 31.7 Å². The van der Waals surface area contributed by atoms with Crippen LogP contribution in [0.3, 0.4) is 0 Å². The van der Waals surface area contributed by atoms with Crippen molar-refractivity contribution in [2.45, 2.75) is 51.4 Å². The number of nitrogens with zero attached hydrogens (tertiary/aromatic N) is 7. The number of rotatable bonds is 8. The maximum atomic E-state index is 10.2. The molecule has 1 N–H and O–H groups in total. The number of piperazine rings is 1. The largest absolute Gasteiger partial charge is 0.489 e. The molecule has 7 heterocycles. The van der Waals surface area contributed by atoms with Crippen LogP contribution in [0.4, 0.5) is 5.82 Å². The molecule has 3 aliphatic heterocycles. The van der Waals surface area contributed by atoms with Crippen molar-refractivity contribution in [2.24, 2.45) is 0 Å². The Hall–Kier alpha value is -4.20. The maximum Gasteiger partial charge on any atom is 0.212 e. The lowest BCUT2D eigenvalue weighted by atomic mass is 9.87. The van der Waals surface area contributed by atoms with Crippen LogP contribution >= 0.6 is 0 Å². The summed E-state index contributed by atoms with van der Waals surface area (Å²) in [4.78, 5) is 14.1. The number of nitriles is 1. The van der Waals surface area contributed by atoms with Crippen LogP contribution in [0.2, 0.25) is 0 Å². The lowest BCUT2D eigenvalue weighted by Crippen LogP contribution is -2.68. The molecule has 206 valence electrons. The molecule has 0 saturated carbocycles. The fourth-order valence-electron chi connectivity index (χ4n) is 5.67. The highest BCUT2D eigenvalue weighted by molar-refractivity contribution is 5.85. The van der Waals surface area contributed by atoms with Crippen molar-refractivity contribution in [3.63, 3.8) is 0 Å². The highest BCUT2D eigenvalue weighted by Gasteiger charge is 2.44. The highest BCUT2D eigenvalue weighted by Crippen LogP contribution is 2.37. The Morgan fingerprint density at radius 1 is 1.10 bits per heavy atom. The molecule has 0 aliphatic carbocycles. The number of ether oxygens (including phenoxy) is 2. The molecule has 3 aliphatic rings. The molecule has 2 bridgehead atoms. The van der Waals surface area contributed by atoms with Crippen molar-refractivity contribution in [1.82, 2.24) is 24.5 Å². The highest BCUT2D eigenvalue weighted by atomic mass is 16.5. The number of hydrogen-bond donors (Lipinski definition) is 1. The monoisotopic (exact) mass is 539 g/mol. The van der Waals surface area contributed by atoms with Crippen LogP contribution in [0, 0.1) is 18.3 Å². The zero-order chi connectivity index (χ0) is 28.0. The number of aromatic nitrogens is 4. The van der Waals surface area contributed by atoms with E-state index in [2.05, 4.69) is 32.0 Å². The van der Waals surface area contributed by atoms with Crippen molar-refractivity contribution in [3.05, 3.63) is 65.7 Å². The molecule has 3 saturated heterocycles. The van der Waals surface area contributed by atoms with E-state index >= 15 is 0 Å². The van der Waals surface area contributed by atoms with Crippen molar-refractivity contribution in [2.75, 3.05) is 31.7 Å². The minimum absolute atomic E-state index is 0.131. The summed E-state index contributed by atoms with van der Waals surface area (Å²) >= 11 is 0. The van der Waals surface area contributed by atoms with Crippen molar-refractivity contribution in [1.29, 1.82) is 5.26 Å². The van der Waals surface area contributed by atoms with Crippen LogP contribution in [0.1, 0.15) is 37.1 Å². The third kappa shape index (κ3) is 4.83. The average Bonchev–Trinajstić information content (AvgIpc) is 3.40. The Bertz CT molecular complexity index is 1560. The predicted molar refractivity (Wildman–Crippen MR) is 150 cm³/mol. The number of hydrogen-bond acceptors (Lipinski definition) is 9. The summed E-state index contributed by atoms with van der Waals surface area (Å²) in [6, 6.07) is 13.2. The number of methoxy groups -OCH3 is 1. The number of piperidine rings is 1. The normalized spacial score (nSPS) is 18.9. The third-order valence-corrected chi connectivity index (χ3v) is 7.77. The van der Waals surface area contributed by atoms with Crippen LogP contribution in [0.25, 0.3) is 16.6 Å². The first-order valence-electron chi connectivity index (χ1n) is 13.5. The molecular weight excluding hydrogens is 506 g/mol. The van der Waals surface area contributed by atoms with E-state index in [0.717, 1.165) is 42.3 Å². The summed E-state index contributed by atoms with van der Waals surface area (Å²) in [7, 11) is 1.63. The zero-order valence-electron chi connectivity index (χ0n) is 23.2. The van der Waals surface area contributed by atoms with Gasteiger partial charge in [-0.1, -0.05) is 6.07 Å². The van der Waals surface area contributed by atoms with Crippen LogP contribution in [-0.2, 0) is 6.54 Å². The number of fused-ring (bicyclic) bond motifs is 3. The number of aliphatic hydroxyl groups is 1. The topological polar surface area (TPSA) is 112 Å². The van der Waals surface area contributed by atoms with Gasteiger partial charge in [0.05, 0.1) is 35.7 Å². The van der Waals surface area contributed by atoms with Crippen molar-refractivity contribution >= 4 is 11.3 Å². The van der Waals surface area contributed by atoms with Gasteiger partial charge < -0.3 is 19.5 Å². The Morgan fingerprint density at radius 2 is 1.90 bits per heavy atom. The molecular formula is C30H33N7O3.